The van der Waals surface area contributed by atoms with Crippen LogP contribution in [0.3, 0.4) is 0 Å². The summed E-state index contributed by atoms with van der Waals surface area (Å²) in [5.74, 6) is 0.321. The zero-order valence-electron chi connectivity index (χ0n) is 8.90. The Labute approximate surface area is 89.1 Å². The van der Waals surface area contributed by atoms with Crippen molar-refractivity contribution in [1.82, 2.24) is 4.57 Å². The third-order valence-corrected chi connectivity index (χ3v) is 2.67. The van der Waals surface area contributed by atoms with E-state index in [-0.39, 0.29) is 0 Å². The van der Waals surface area contributed by atoms with Crippen LogP contribution in [0.15, 0.2) is 24.4 Å². The molecule has 3 heteroatoms. The van der Waals surface area contributed by atoms with Crippen LogP contribution in [0.1, 0.15) is 12.0 Å². The maximum atomic E-state index is 9.41. The highest BCUT2D eigenvalue weighted by Crippen LogP contribution is 2.24. The van der Waals surface area contributed by atoms with Gasteiger partial charge in [0.1, 0.15) is 5.75 Å². The van der Waals surface area contributed by atoms with Crippen LogP contribution in [0.25, 0.3) is 10.9 Å². The van der Waals surface area contributed by atoms with Gasteiger partial charge in [-0.3, -0.25) is 0 Å². The van der Waals surface area contributed by atoms with Gasteiger partial charge in [-0.25, -0.2) is 0 Å². The van der Waals surface area contributed by atoms with Gasteiger partial charge < -0.3 is 15.4 Å². The first-order chi connectivity index (χ1) is 7.22. The topological polar surface area (TPSA) is 51.2 Å². The highest BCUT2D eigenvalue weighted by molar-refractivity contribution is 5.85. The molecule has 1 heterocycles. The molecule has 1 aromatic heterocycles. The van der Waals surface area contributed by atoms with E-state index in [9.17, 15) is 5.11 Å². The van der Waals surface area contributed by atoms with E-state index in [2.05, 4.69) is 17.7 Å². The number of phenols is 1. The zero-order valence-corrected chi connectivity index (χ0v) is 8.90. The summed E-state index contributed by atoms with van der Waals surface area (Å²) < 4.78 is 2.19. The SMILES string of the molecule is Cc1cn(CCCN)c2ccc(O)cc12. The molecule has 0 saturated heterocycles. The molecular weight excluding hydrogens is 188 g/mol. The van der Waals surface area contributed by atoms with Gasteiger partial charge >= 0.3 is 0 Å². The largest absolute Gasteiger partial charge is 0.508 e. The predicted octanol–water partition coefficient (Wildman–Crippen LogP) is 2.00. The van der Waals surface area contributed by atoms with Gasteiger partial charge in [0.2, 0.25) is 0 Å². The molecule has 0 atom stereocenters. The number of benzene rings is 1. The summed E-state index contributed by atoms with van der Waals surface area (Å²) in [4.78, 5) is 0. The summed E-state index contributed by atoms with van der Waals surface area (Å²) in [6.07, 6.45) is 3.09. The Balaban J connectivity index is 2.48. The standard InChI is InChI=1S/C12H16N2O/c1-9-8-14(6-2-5-13)12-4-3-10(15)7-11(9)12/h3-4,7-8,15H,2,5-6,13H2,1H3. The number of fused-ring (bicyclic) bond motifs is 1. The van der Waals surface area contributed by atoms with Crippen LogP contribution in [-0.2, 0) is 6.54 Å². The zero-order chi connectivity index (χ0) is 10.8. The number of phenolic OH excluding ortho intramolecular Hbond substituents is 1. The molecule has 0 radical (unpaired) electrons. The summed E-state index contributed by atoms with van der Waals surface area (Å²) in [6.45, 7) is 3.70. The maximum Gasteiger partial charge on any atom is 0.116 e. The fourth-order valence-electron chi connectivity index (χ4n) is 1.91. The van der Waals surface area contributed by atoms with Crippen LogP contribution in [0, 0.1) is 6.92 Å². The second-order valence-corrected chi connectivity index (χ2v) is 3.85. The average Bonchev–Trinajstić information content (AvgIpc) is 2.53. The van der Waals surface area contributed by atoms with Crippen molar-refractivity contribution >= 4 is 10.9 Å². The second-order valence-electron chi connectivity index (χ2n) is 3.85. The van der Waals surface area contributed by atoms with Crippen molar-refractivity contribution in [2.75, 3.05) is 6.54 Å². The van der Waals surface area contributed by atoms with Crippen LogP contribution in [0.2, 0.25) is 0 Å². The predicted molar refractivity (Wildman–Crippen MR) is 62.0 cm³/mol. The molecule has 2 rings (SSSR count). The highest BCUT2D eigenvalue weighted by atomic mass is 16.3. The first kappa shape index (κ1) is 10.1. The number of aromatic nitrogens is 1. The van der Waals surface area contributed by atoms with E-state index in [0.717, 1.165) is 18.4 Å². The molecule has 0 amide bonds. The smallest absolute Gasteiger partial charge is 0.116 e. The number of nitrogens with two attached hydrogens (primary N) is 1. The van der Waals surface area contributed by atoms with E-state index < -0.39 is 0 Å². The molecule has 1 aromatic carbocycles. The number of hydrogen-bond acceptors (Lipinski definition) is 2. The van der Waals surface area contributed by atoms with Crippen molar-refractivity contribution in [3.8, 4) is 5.75 Å². The first-order valence-electron chi connectivity index (χ1n) is 5.21. The molecule has 0 aliphatic rings. The number of aryl methyl sites for hydroxylation is 2. The lowest BCUT2D eigenvalue weighted by Crippen LogP contribution is -2.04. The molecule has 3 N–H and O–H groups in total. The Morgan fingerprint density at radius 3 is 2.93 bits per heavy atom. The Morgan fingerprint density at radius 2 is 2.20 bits per heavy atom. The van der Waals surface area contributed by atoms with Gasteiger partial charge in [-0.15, -0.1) is 0 Å². The summed E-state index contributed by atoms with van der Waals surface area (Å²) in [6, 6.07) is 5.48. The minimum absolute atomic E-state index is 0.321. The third kappa shape index (κ3) is 1.83. The lowest BCUT2D eigenvalue weighted by molar-refractivity contribution is 0.476. The van der Waals surface area contributed by atoms with Crippen molar-refractivity contribution in [2.45, 2.75) is 19.9 Å². The van der Waals surface area contributed by atoms with Gasteiger partial charge in [0.05, 0.1) is 0 Å². The highest BCUT2D eigenvalue weighted by Gasteiger charge is 2.05. The van der Waals surface area contributed by atoms with Crippen molar-refractivity contribution in [3.05, 3.63) is 30.0 Å². The second kappa shape index (κ2) is 3.95. The molecule has 0 aliphatic heterocycles. The summed E-state index contributed by atoms with van der Waals surface area (Å²) in [5, 5.41) is 10.5. The van der Waals surface area contributed by atoms with Gasteiger partial charge in [0.25, 0.3) is 0 Å². The fraction of sp³-hybridized carbons (Fsp3) is 0.333. The molecule has 0 unspecified atom stereocenters. The van der Waals surface area contributed by atoms with Crippen LogP contribution in [0.4, 0.5) is 0 Å². The molecule has 2 aromatic rings. The van der Waals surface area contributed by atoms with E-state index >= 15 is 0 Å². The third-order valence-electron chi connectivity index (χ3n) is 2.67. The van der Waals surface area contributed by atoms with Crippen molar-refractivity contribution in [3.63, 3.8) is 0 Å². The molecule has 0 bridgehead atoms. The van der Waals surface area contributed by atoms with E-state index in [1.54, 1.807) is 6.07 Å². The van der Waals surface area contributed by atoms with Crippen molar-refractivity contribution in [1.29, 1.82) is 0 Å². The number of nitrogens with zero attached hydrogens (tertiary/aromatic N) is 1. The van der Waals surface area contributed by atoms with Crippen LogP contribution < -0.4 is 5.73 Å². The first-order valence-corrected chi connectivity index (χ1v) is 5.21. The van der Waals surface area contributed by atoms with E-state index in [1.165, 1.54) is 11.1 Å². The molecule has 3 nitrogen and oxygen atoms in total. The number of rotatable bonds is 3. The minimum atomic E-state index is 0.321. The lowest BCUT2D eigenvalue weighted by Gasteiger charge is -2.03. The van der Waals surface area contributed by atoms with Crippen LogP contribution in [-0.4, -0.2) is 16.2 Å². The molecular formula is C12H16N2O. The molecule has 0 spiro atoms. The molecule has 80 valence electrons. The quantitative estimate of drug-likeness (QED) is 0.803. The van der Waals surface area contributed by atoms with Gasteiger partial charge in [-0.1, -0.05) is 0 Å². The van der Waals surface area contributed by atoms with E-state index in [0.29, 0.717) is 12.3 Å². The van der Waals surface area contributed by atoms with Gasteiger partial charge in [-0.05, 0) is 43.7 Å². The monoisotopic (exact) mass is 204 g/mol. The summed E-state index contributed by atoms with van der Waals surface area (Å²) >= 11 is 0. The molecule has 0 saturated carbocycles. The van der Waals surface area contributed by atoms with Crippen molar-refractivity contribution in [2.24, 2.45) is 5.73 Å². The van der Waals surface area contributed by atoms with Crippen LogP contribution in [0.5, 0.6) is 5.75 Å². The van der Waals surface area contributed by atoms with Gasteiger partial charge in [-0.2, -0.15) is 0 Å². The van der Waals surface area contributed by atoms with E-state index in [4.69, 9.17) is 5.73 Å². The Hall–Kier alpha value is -1.48. The minimum Gasteiger partial charge on any atom is -0.508 e. The Bertz CT molecular complexity index is 474. The normalized spacial score (nSPS) is 11.1. The van der Waals surface area contributed by atoms with E-state index in [1.807, 2.05) is 12.1 Å². The maximum absolute atomic E-state index is 9.41. The number of aromatic hydroxyl groups is 1. The summed E-state index contributed by atoms with van der Waals surface area (Å²) in [7, 11) is 0. The number of hydrogen-bond donors (Lipinski definition) is 2. The fourth-order valence-corrected chi connectivity index (χ4v) is 1.91. The lowest BCUT2D eigenvalue weighted by atomic mass is 10.2. The Kier molecular flexibility index (Phi) is 2.64. The Morgan fingerprint density at radius 1 is 1.40 bits per heavy atom. The van der Waals surface area contributed by atoms with Crippen molar-refractivity contribution < 1.29 is 5.11 Å². The molecule has 0 aliphatic carbocycles. The average molecular weight is 204 g/mol. The summed E-state index contributed by atoms with van der Waals surface area (Å²) in [5.41, 5.74) is 7.86. The van der Waals surface area contributed by atoms with Crippen LogP contribution >= 0.6 is 0 Å². The van der Waals surface area contributed by atoms with Gasteiger partial charge in [0, 0.05) is 23.6 Å². The molecule has 0 fully saturated rings. The molecule has 15 heavy (non-hydrogen) atoms. The van der Waals surface area contributed by atoms with Gasteiger partial charge in [0.15, 0.2) is 0 Å².